The Morgan fingerprint density at radius 3 is 2.64 bits per heavy atom. The number of imidazole rings is 1. The second-order valence-electron chi connectivity index (χ2n) is 8.12. The standard InChI is InChI=1S/C24H30N2O2/c1-17-12-13-21(14-18(17)2)28-16-20(27)15-26-23-11-7-6-10-22(23)25-24(26)19-8-4-3-5-9-19/h6-7,10-14,19-20,27H,3-5,8-9,15-16H2,1-2H3. The van der Waals surface area contributed by atoms with Crippen molar-refractivity contribution >= 4 is 11.0 Å². The van der Waals surface area contributed by atoms with Gasteiger partial charge in [0.25, 0.3) is 0 Å². The van der Waals surface area contributed by atoms with Gasteiger partial charge in [-0.25, -0.2) is 4.98 Å². The van der Waals surface area contributed by atoms with Crippen LogP contribution in [0.15, 0.2) is 42.5 Å². The highest BCUT2D eigenvalue weighted by atomic mass is 16.5. The van der Waals surface area contributed by atoms with Crippen molar-refractivity contribution in [2.45, 2.75) is 64.5 Å². The third-order valence-corrected chi connectivity index (χ3v) is 5.97. The van der Waals surface area contributed by atoms with Crippen molar-refractivity contribution in [2.24, 2.45) is 0 Å². The number of aromatic nitrogens is 2. The number of hydrogen-bond acceptors (Lipinski definition) is 3. The zero-order chi connectivity index (χ0) is 19.5. The van der Waals surface area contributed by atoms with Crippen molar-refractivity contribution < 1.29 is 9.84 Å². The Morgan fingerprint density at radius 2 is 1.86 bits per heavy atom. The predicted molar refractivity (Wildman–Crippen MR) is 113 cm³/mol. The van der Waals surface area contributed by atoms with Gasteiger partial charge in [0.15, 0.2) is 0 Å². The quantitative estimate of drug-likeness (QED) is 0.646. The van der Waals surface area contributed by atoms with E-state index in [4.69, 9.17) is 9.72 Å². The second-order valence-corrected chi connectivity index (χ2v) is 8.12. The molecule has 28 heavy (non-hydrogen) atoms. The highest BCUT2D eigenvalue weighted by Gasteiger charge is 2.23. The van der Waals surface area contributed by atoms with Crippen LogP contribution in [0.4, 0.5) is 0 Å². The SMILES string of the molecule is Cc1ccc(OCC(O)Cn2c(C3CCCCC3)nc3ccccc32)cc1C. The first-order valence-corrected chi connectivity index (χ1v) is 10.4. The number of benzene rings is 2. The molecule has 0 aliphatic heterocycles. The zero-order valence-corrected chi connectivity index (χ0v) is 16.9. The van der Waals surface area contributed by atoms with Gasteiger partial charge in [-0.15, -0.1) is 0 Å². The number of nitrogens with zero attached hydrogens (tertiary/aromatic N) is 2. The van der Waals surface area contributed by atoms with E-state index in [1.165, 1.54) is 43.2 Å². The van der Waals surface area contributed by atoms with Crippen LogP contribution >= 0.6 is 0 Å². The molecule has 148 valence electrons. The first-order valence-electron chi connectivity index (χ1n) is 10.4. The van der Waals surface area contributed by atoms with Crippen molar-refractivity contribution in [3.05, 3.63) is 59.4 Å². The molecule has 4 heteroatoms. The van der Waals surface area contributed by atoms with Crippen molar-refractivity contribution in [1.82, 2.24) is 9.55 Å². The van der Waals surface area contributed by atoms with E-state index in [9.17, 15) is 5.11 Å². The van der Waals surface area contributed by atoms with E-state index in [0.29, 0.717) is 12.5 Å². The Labute approximate surface area is 167 Å². The number of aliphatic hydroxyl groups is 1. The van der Waals surface area contributed by atoms with Gasteiger partial charge >= 0.3 is 0 Å². The normalized spacial score (nSPS) is 16.4. The molecule has 4 rings (SSSR count). The van der Waals surface area contributed by atoms with Gasteiger partial charge in [0, 0.05) is 5.92 Å². The third kappa shape index (κ3) is 4.07. The molecule has 3 aromatic rings. The van der Waals surface area contributed by atoms with Crippen molar-refractivity contribution in [1.29, 1.82) is 0 Å². The van der Waals surface area contributed by atoms with Crippen LogP contribution in [-0.2, 0) is 6.54 Å². The number of aliphatic hydroxyl groups excluding tert-OH is 1. The Hall–Kier alpha value is -2.33. The molecule has 1 heterocycles. The highest BCUT2D eigenvalue weighted by Crippen LogP contribution is 2.34. The minimum absolute atomic E-state index is 0.277. The lowest BCUT2D eigenvalue weighted by atomic mass is 9.88. The molecule has 1 saturated carbocycles. The van der Waals surface area contributed by atoms with Gasteiger partial charge in [-0.3, -0.25) is 0 Å². The van der Waals surface area contributed by atoms with Crippen LogP contribution in [0.1, 0.15) is 55.0 Å². The fourth-order valence-electron chi connectivity index (χ4n) is 4.22. The average Bonchev–Trinajstić information content (AvgIpc) is 3.08. The summed E-state index contributed by atoms with van der Waals surface area (Å²) in [5, 5.41) is 10.7. The lowest BCUT2D eigenvalue weighted by molar-refractivity contribution is 0.0922. The van der Waals surface area contributed by atoms with E-state index >= 15 is 0 Å². The predicted octanol–water partition coefficient (Wildman–Crippen LogP) is 5.14. The van der Waals surface area contributed by atoms with E-state index in [1.807, 2.05) is 24.3 Å². The maximum atomic E-state index is 10.7. The third-order valence-electron chi connectivity index (χ3n) is 5.97. The monoisotopic (exact) mass is 378 g/mol. The highest BCUT2D eigenvalue weighted by molar-refractivity contribution is 5.76. The van der Waals surface area contributed by atoms with E-state index in [2.05, 4.69) is 36.6 Å². The molecule has 0 radical (unpaired) electrons. The molecule has 0 bridgehead atoms. The van der Waals surface area contributed by atoms with Crippen molar-refractivity contribution in [3.8, 4) is 5.75 Å². The average molecular weight is 379 g/mol. The minimum atomic E-state index is -0.582. The molecule has 1 atom stereocenters. The number of hydrogen-bond donors (Lipinski definition) is 1. The first-order chi connectivity index (χ1) is 13.6. The van der Waals surface area contributed by atoms with E-state index in [1.54, 1.807) is 0 Å². The van der Waals surface area contributed by atoms with Gasteiger partial charge < -0.3 is 14.4 Å². The smallest absolute Gasteiger partial charge is 0.119 e. The number of fused-ring (bicyclic) bond motifs is 1. The van der Waals surface area contributed by atoms with Gasteiger partial charge in [0.05, 0.1) is 17.6 Å². The van der Waals surface area contributed by atoms with Crippen LogP contribution in [0.3, 0.4) is 0 Å². The molecular formula is C24H30N2O2. The van der Waals surface area contributed by atoms with Gasteiger partial charge in [-0.1, -0.05) is 37.5 Å². The number of ether oxygens (including phenoxy) is 1. The summed E-state index contributed by atoms with van der Waals surface area (Å²) in [6.07, 6.45) is 5.67. The summed E-state index contributed by atoms with van der Waals surface area (Å²) < 4.78 is 8.09. The van der Waals surface area contributed by atoms with E-state index in [-0.39, 0.29) is 6.61 Å². The molecule has 1 unspecified atom stereocenters. The Morgan fingerprint density at radius 1 is 1.07 bits per heavy atom. The molecule has 1 N–H and O–H groups in total. The molecule has 0 spiro atoms. The Bertz CT molecular complexity index is 941. The van der Waals surface area contributed by atoms with Crippen LogP contribution in [0.5, 0.6) is 5.75 Å². The molecule has 0 saturated heterocycles. The summed E-state index contributed by atoms with van der Waals surface area (Å²) in [5.74, 6) is 2.44. The number of aryl methyl sites for hydroxylation is 2. The largest absolute Gasteiger partial charge is 0.491 e. The fourth-order valence-corrected chi connectivity index (χ4v) is 4.22. The Kier molecular flexibility index (Phi) is 5.67. The summed E-state index contributed by atoms with van der Waals surface area (Å²) in [4.78, 5) is 4.94. The number of rotatable bonds is 6. The minimum Gasteiger partial charge on any atom is -0.491 e. The zero-order valence-electron chi connectivity index (χ0n) is 16.9. The maximum absolute atomic E-state index is 10.7. The molecule has 1 fully saturated rings. The van der Waals surface area contributed by atoms with Gasteiger partial charge in [0.1, 0.15) is 24.3 Å². The van der Waals surface area contributed by atoms with Gasteiger partial charge in [0.2, 0.25) is 0 Å². The van der Waals surface area contributed by atoms with Crippen molar-refractivity contribution in [3.63, 3.8) is 0 Å². The number of para-hydroxylation sites is 2. The summed E-state index contributed by atoms with van der Waals surface area (Å²) >= 11 is 0. The van der Waals surface area contributed by atoms with Gasteiger partial charge in [-0.2, -0.15) is 0 Å². The summed E-state index contributed by atoms with van der Waals surface area (Å²) in [5.41, 5.74) is 4.57. The lowest BCUT2D eigenvalue weighted by Gasteiger charge is -2.23. The molecule has 1 aromatic heterocycles. The van der Waals surface area contributed by atoms with Crippen LogP contribution < -0.4 is 4.74 Å². The van der Waals surface area contributed by atoms with Crippen molar-refractivity contribution in [2.75, 3.05) is 6.61 Å². The first kappa shape index (κ1) is 19.0. The lowest BCUT2D eigenvalue weighted by Crippen LogP contribution is -2.25. The van der Waals surface area contributed by atoms with E-state index in [0.717, 1.165) is 22.6 Å². The molecular weight excluding hydrogens is 348 g/mol. The molecule has 2 aromatic carbocycles. The molecule has 1 aliphatic carbocycles. The summed E-state index contributed by atoms with van der Waals surface area (Å²) in [7, 11) is 0. The summed E-state index contributed by atoms with van der Waals surface area (Å²) in [6.45, 7) is 4.95. The van der Waals surface area contributed by atoms with Crippen LogP contribution in [-0.4, -0.2) is 27.4 Å². The second kappa shape index (κ2) is 8.36. The molecule has 4 nitrogen and oxygen atoms in total. The maximum Gasteiger partial charge on any atom is 0.119 e. The van der Waals surface area contributed by atoms with Crippen LogP contribution in [0.2, 0.25) is 0 Å². The van der Waals surface area contributed by atoms with Crippen LogP contribution in [0, 0.1) is 13.8 Å². The van der Waals surface area contributed by atoms with E-state index < -0.39 is 6.10 Å². The fraction of sp³-hybridized carbons (Fsp3) is 0.458. The molecule has 0 amide bonds. The summed E-state index contributed by atoms with van der Waals surface area (Å²) in [6, 6.07) is 14.3. The molecule has 1 aliphatic rings. The topological polar surface area (TPSA) is 47.3 Å². The van der Waals surface area contributed by atoms with Gasteiger partial charge in [-0.05, 0) is 62.1 Å². The van der Waals surface area contributed by atoms with Crippen LogP contribution in [0.25, 0.3) is 11.0 Å². The Balaban J connectivity index is 1.51.